The SMILES string of the molecule is CC1C[C@@H](C)P1. The molecule has 0 N–H and O–H groups in total. The third kappa shape index (κ3) is 0.733. The Morgan fingerprint density at radius 1 is 1.33 bits per heavy atom. The van der Waals surface area contributed by atoms with E-state index in [4.69, 9.17) is 0 Å². The summed E-state index contributed by atoms with van der Waals surface area (Å²) in [6.45, 7) is 4.66. The van der Waals surface area contributed by atoms with Crippen molar-refractivity contribution in [3.05, 3.63) is 0 Å². The van der Waals surface area contributed by atoms with E-state index in [1.807, 2.05) is 0 Å². The molecule has 0 aromatic rings. The van der Waals surface area contributed by atoms with Crippen LogP contribution in [0.15, 0.2) is 0 Å². The summed E-state index contributed by atoms with van der Waals surface area (Å²) in [7, 11) is 1.27. The molecule has 0 nitrogen and oxygen atoms in total. The zero-order valence-corrected chi connectivity index (χ0v) is 5.36. The van der Waals surface area contributed by atoms with Gasteiger partial charge in [0.25, 0.3) is 0 Å². The van der Waals surface area contributed by atoms with Gasteiger partial charge >= 0.3 is 0 Å². The van der Waals surface area contributed by atoms with E-state index >= 15 is 0 Å². The van der Waals surface area contributed by atoms with Crippen LogP contribution in [0, 0.1) is 0 Å². The summed E-state index contributed by atoms with van der Waals surface area (Å²) >= 11 is 0. The smallest absolute Gasteiger partial charge is 0.0257 e. The van der Waals surface area contributed by atoms with Crippen molar-refractivity contribution < 1.29 is 0 Å². The highest BCUT2D eigenvalue weighted by Crippen LogP contribution is 2.41. The van der Waals surface area contributed by atoms with Gasteiger partial charge in [0, 0.05) is 0 Å². The Bertz CT molecular complexity index is 39.9. The predicted molar refractivity (Wildman–Crippen MR) is 31.9 cm³/mol. The molecule has 36 valence electrons. The molecule has 0 bridgehead atoms. The van der Waals surface area contributed by atoms with Gasteiger partial charge in [-0.2, -0.15) is 0 Å². The molecule has 2 unspecified atom stereocenters. The van der Waals surface area contributed by atoms with Gasteiger partial charge in [-0.1, -0.05) is 13.8 Å². The van der Waals surface area contributed by atoms with Gasteiger partial charge in [-0.15, -0.1) is 8.58 Å². The largest absolute Gasteiger partial charge is 0.116 e. The van der Waals surface area contributed by atoms with Crippen molar-refractivity contribution in [1.82, 2.24) is 0 Å². The van der Waals surface area contributed by atoms with Crippen LogP contribution < -0.4 is 0 Å². The van der Waals surface area contributed by atoms with Crippen LogP contribution in [0.5, 0.6) is 0 Å². The van der Waals surface area contributed by atoms with Crippen LogP contribution in [0.4, 0.5) is 0 Å². The quantitative estimate of drug-likeness (QED) is 0.409. The van der Waals surface area contributed by atoms with Gasteiger partial charge in [0.2, 0.25) is 0 Å². The van der Waals surface area contributed by atoms with Crippen LogP contribution in [0.2, 0.25) is 0 Å². The van der Waals surface area contributed by atoms with Crippen molar-refractivity contribution in [3.8, 4) is 0 Å². The second-order valence-electron chi connectivity index (χ2n) is 2.20. The molecule has 0 radical (unpaired) electrons. The average Bonchev–Trinajstić information content (AvgIpc) is 1.33. The topological polar surface area (TPSA) is 0 Å². The molecule has 1 rings (SSSR count). The molecule has 1 saturated heterocycles. The third-order valence-corrected chi connectivity index (χ3v) is 2.89. The second kappa shape index (κ2) is 1.50. The van der Waals surface area contributed by atoms with E-state index in [0.29, 0.717) is 0 Å². The summed E-state index contributed by atoms with van der Waals surface area (Å²) < 4.78 is 0. The molecule has 6 heavy (non-hydrogen) atoms. The van der Waals surface area contributed by atoms with E-state index in [1.165, 1.54) is 15.0 Å². The van der Waals surface area contributed by atoms with Crippen LogP contribution in [0.3, 0.4) is 0 Å². The van der Waals surface area contributed by atoms with Crippen LogP contribution in [-0.2, 0) is 0 Å². The predicted octanol–water partition coefficient (Wildman–Crippen LogP) is 1.85. The first-order chi connectivity index (χ1) is 2.79. The van der Waals surface area contributed by atoms with Gasteiger partial charge in [-0.3, -0.25) is 0 Å². The fourth-order valence-corrected chi connectivity index (χ4v) is 2.50. The van der Waals surface area contributed by atoms with Crippen molar-refractivity contribution in [2.24, 2.45) is 0 Å². The first kappa shape index (κ1) is 4.59. The standard InChI is InChI=1S/C5H11P/c1-4-3-5(2)6-4/h4-6H,3H2,1-2H3/t4-,5?/m1/s1. The van der Waals surface area contributed by atoms with Crippen LogP contribution in [0.1, 0.15) is 20.3 Å². The molecule has 1 heteroatoms. The average molecular weight is 102 g/mol. The molecule has 1 aliphatic heterocycles. The van der Waals surface area contributed by atoms with E-state index in [2.05, 4.69) is 13.8 Å². The van der Waals surface area contributed by atoms with Crippen molar-refractivity contribution >= 4 is 8.58 Å². The first-order valence-corrected chi connectivity index (χ1v) is 3.70. The van der Waals surface area contributed by atoms with E-state index in [1.54, 1.807) is 0 Å². The molecular formula is C5H11P. The summed E-state index contributed by atoms with van der Waals surface area (Å²) in [5.41, 5.74) is 2.14. The fourth-order valence-electron chi connectivity index (χ4n) is 0.992. The summed E-state index contributed by atoms with van der Waals surface area (Å²) in [5, 5.41) is 0. The Kier molecular flexibility index (Phi) is 1.15. The molecule has 0 aliphatic carbocycles. The molecule has 0 amide bonds. The second-order valence-corrected chi connectivity index (χ2v) is 4.51. The fraction of sp³-hybridized carbons (Fsp3) is 1.00. The van der Waals surface area contributed by atoms with Crippen molar-refractivity contribution in [1.29, 1.82) is 0 Å². The summed E-state index contributed by atoms with van der Waals surface area (Å²) in [6.07, 6.45) is 1.48. The lowest BCUT2D eigenvalue weighted by Crippen LogP contribution is -2.16. The maximum atomic E-state index is 2.33. The third-order valence-electron chi connectivity index (χ3n) is 1.28. The van der Waals surface area contributed by atoms with E-state index in [9.17, 15) is 0 Å². The zero-order chi connectivity index (χ0) is 4.57. The maximum absolute atomic E-state index is 2.33. The van der Waals surface area contributed by atoms with Gasteiger partial charge in [0.1, 0.15) is 0 Å². The van der Waals surface area contributed by atoms with Crippen molar-refractivity contribution in [2.75, 3.05) is 0 Å². The number of hydrogen-bond donors (Lipinski definition) is 0. The highest BCUT2D eigenvalue weighted by atomic mass is 31.1. The molecule has 0 aromatic carbocycles. The Morgan fingerprint density at radius 3 is 1.67 bits per heavy atom. The minimum Gasteiger partial charge on any atom is -0.116 e. The van der Waals surface area contributed by atoms with Gasteiger partial charge in [0.15, 0.2) is 0 Å². The molecule has 0 aromatic heterocycles. The normalized spacial score (nSPS) is 49.0. The first-order valence-electron chi connectivity index (χ1n) is 2.55. The monoisotopic (exact) mass is 102 g/mol. The molecule has 1 heterocycles. The number of hydrogen-bond acceptors (Lipinski definition) is 0. The summed E-state index contributed by atoms with van der Waals surface area (Å²) in [5.74, 6) is 0. The minimum atomic E-state index is 1.07. The molecule has 0 saturated carbocycles. The summed E-state index contributed by atoms with van der Waals surface area (Å²) in [4.78, 5) is 0. The van der Waals surface area contributed by atoms with Crippen LogP contribution in [0.25, 0.3) is 0 Å². The van der Waals surface area contributed by atoms with Gasteiger partial charge in [0.05, 0.1) is 0 Å². The highest BCUT2D eigenvalue weighted by Gasteiger charge is 2.19. The van der Waals surface area contributed by atoms with Crippen LogP contribution >= 0.6 is 8.58 Å². The number of rotatable bonds is 0. The van der Waals surface area contributed by atoms with E-state index < -0.39 is 0 Å². The molecule has 1 aliphatic rings. The minimum absolute atomic E-state index is 1.07. The maximum Gasteiger partial charge on any atom is -0.0257 e. The molecular weight excluding hydrogens is 91.0 g/mol. The lowest BCUT2D eigenvalue weighted by molar-refractivity contribution is 0.724. The lowest BCUT2D eigenvalue weighted by atomic mass is 10.2. The van der Waals surface area contributed by atoms with Crippen molar-refractivity contribution in [3.63, 3.8) is 0 Å². The van der Waals surface area contributed by atoms with Gasteiger partial charge in [-0.05, 0) is 17.7 Å². The summed E-state index contributed by atoms with van der Waals surface area (Å²) in [6, 6.07) is 0. The Morgan fingerprint density at radius 2 is 1.67 bits per heavy atom. The van der Waals surface area contributed by atoms with Crippen LogP contribution in [-0.4, -0.2) is 11.3 Å². The van der Waals surface area contributed by atoms with E-state index in [0.717, 1.165) is 11.3 Å². The zero-order valence-electron chi connectivity index (χ0n) is 4.36. The Hall–Kier alpha value is 0.430. The van der Waals surface area contributed by atoms with Gasteiger partial charge < -0.3 is 0 Å². The highest BCUT2D eigenvalue weighted by molar-refractivity contribution is 7.41. The molecule has 3 atom stereocenters. The Labute approximate surface area is 41.1 Å². The van der Waals surface area contributed by atoms with E-state index in [-0.39, 0.29) is 0 Å². The molecule has 1 fully saturated rings. The van der Waals surface area contributed by atoms with Crippen molar-refractivity contribution in [2.45, 2.75) is 31.6 Å². The Balaban J connectivity index is 2.11. The molecule has 0 spiro atoms. The lowest BCUT2D eigenvalue weighted by Gasteiger charge is -2.29. The van der Waals surface area contributed by atoms with Gasteiger partial charge in [-0.25, -0.2) is 0 Å².